The van der Waals surface area contributed by atoms with Crippen LogP contribution in [0.4, 0.5) is 0 Å². The summed E-state index contributed by atoms with van der Waals surface area (Å²) in [6, 6.07) is -0.312. The van der Waals surface area contributed by atoms with Crippen LogP contribution in [-0.2, 0) is 9.53 Å². The van der Waals surface area contributed by atoms with Crippen molar-refractivity contribution in [3.05, 3.63) is 0 Å². The first-order valence-electron chi connectivity index (χ1n) is 9.94. The molecule has 0 aromatic carbocycles. The molecule has 0 bridgehead atoms. The van der Waals surface area contributed by atoms with Crippen molar-refractivity contribution in [3.63, 3.8) is 0 Å². The van der Waals surface area contributed by atoms with E-state index in [4.69, 9.17) is 10.5 Å². The Morgan fingerprint density at radius 3 is 2.00 bits per heavy atom. The van der Waals surface area contributed by atoms with Gasteiger partial charge in [-0.1, -0.05) is 0 Å². The van der Waals surface area contributed by atoms with Crippen molar-refractivity contribution in [2.24, 2.45) is 23.5 Å². The molecule has 26 heavy (non-hydrogen) atoms. The lowest BCUT2D eigenvalue weighted by Crippen LogP contribution is -2.49. The van der Waals surface area contributed by atoms with E-state index in [9.17, 15) is 4.79 Å². The van der Waals surface area contributed by atoms with E-state index < -0.39 is 0 Å². The molecule has 3 fully saturated rings. The van der Waals surface area contributed by atoms with Gasteiger partial charge in [0.15, 0.2) is 0 Å². The number of hydrogen-bond acceptors (Lipinski definition) is 4. The zero-order chi connectivity index (χ0) is 16.9. The van der Waals surface area contributed by atoms with E-state index in [2.05, 4.69) is 11.9 Å². The smallest absolute Gasteiger partial charge is 0.239 e. The number of amides is 1. The SMILES string of the molecule is CN1CCC(C2CCN(C(=O)C(N)CC3CCOCC3)CC2)CC1.Cl.Cl. The van der Waals surface area contributed by atoms with Gasteiger partial charge in [0.1, 0.15) is 0 Å². The first kappa shape index (κ1) is 24.0. The average molecular weight is 410 g/mol. The first-order valence-corrected chi connectivity index (χ1v) is 9.94. The zero-order valence-corrected chi connectivity index (χ0v) is 17.7. The number of piperidine rings is 2. The number of hydrogen-bond donors (Lipinski definition) is 1. The number of rotatable bonds is 4. The van der Waals surface area contributed by atoms with Crippen molar-refractivity contribution >= 4 is 30.7 Å². The van der Waals surface area contributed by atoms with Crippen LogP contribution in [0.5, 0.6) is 0 Å². The molecule has 3 heterocycles. The second-order valence-corrected chi connectivity index (χ2v) is 8.20. The summed E-state index contributed by atoms with van der Waals surface area (Å²) in [6.07, 6.45) is 7.94. The van der Waals surface area contributed by atoms with Gasteiger partial charge in [-0.3, -0.25) is 4.79 Å². The predicted octanol–water partition coefficient (Wildman–Crippen LogP) is 2.55. The van der Waals surface area contributed by atoms with Crippen molar-refractivity contribution in [1.82, 2.24) is 9.80 Å². The molecule has 3 rings (SSSR count). The molecule has 1 amide bonds. The number of nitrogens with two attached hydrogens (primary N) is 1. The second-order valence-electron chi connectivity index (χ2n) is 8.20. The molecular weight excluding hydrogens is 373 g/mol. The van der Waals surface area contributed by atoms with Gasteiger partial charge in [0, 0.05) is 26.3 Å². The van der Waals surface area contributed by atoms with Crippen LogP contribution in [0.15, 0.2) is 0 Å². The summed E-state index contributed by atoms with van der Waals surface area (Å²) in [4.78, 5) is 17.1. The van der Waals surface area contributed by atoms with E-state index in [1.807, 2.05) is 4.90 Å². The van der Waals surface area contributed by atoms with Crippen molar-refractivity contribution in [3.8, 4) is 0 Å². The summed E-state index contributed by atoms with van der Waals surface area (Å²) < 4.78 is 5.39. The highest BCUT2D eigenvalue weighted by Gasteiger charge is 2.32. The monoisotopic (exact) mass is 409 g/mol. The molecule has 2 N–H and O–H groups in total. The van der Waals surface area contributed by atoms with E-state index in [0.717, 1.165) is 57.4 Å². The van der Waals surface area contributed by atoms with Gasteiger partial charge in [-0.2, -0.15) is 0 Å². The molecule has 0 saturated carbocycles. The molecule has 0 spiro atoms. The molecule has 0 aromatic rings. The Bertz CT molecular complexity index is 406. The molecule has 5 nitrogen and oxygen atoms in total. The normalized spacial score (nSPS) is 25.2. The van der Waals surface area contributed by atoms with E-state index in [1.165, 1.54) is 38.8 Å². The fourth-order valence-electron chi connectivity index (χ4n) is 4.77. The molecule has 0 aromatic heterocycles. The molecule has 154 valence electrons. The summed E-state index contributed by atoms with van der Waals surface area (Å²) in [5.74, 6) is 2.43. The Hall–Kier alpha value is -0.0700. The van der Waals surface area contributed by atoms with Gasteiger partial charge in [0.05, 0.1) is 6.04 Å². The van der Waals surface area contributed by atoms with Crippen molar-refractivity contribution in [1.29, 1.82) is 0 Å². The summed E-state index contributed by atoms with van der Waals surface area (Å²) in [6.45, 7) is 5.95. The summed E-state index contributed by atoms with van der Waals surface area (Å²) in [5, 5.41) is 0. The molecule has 3 aliphatic rings. The van der Waals surface area contributed by atoms with Crippen molar-refractivity contribution < 1.29 is 9.53 Å². The van der Waals surface area contributed by atoms with Crippen LogP contribution in [0.1, 0.15) is 44.9 Å². The van der Waals surface area contributed by atoms with Crippen LogP contribution in [0.2, 0.25) is 0 Å². The molecule has 0 radical (unpaired) electrons. The summed E-state index contributed by atoms with van der Waals surface area (Å²) >= 11 is 0. The van der Waals surface area contributed by atoms with Crippen LogP contribution in [0.25, 0.3) is 0 Å². The van der Waals surface area contributed by atoms with Gasteiger partial charge < -0.3 is 20.3 Å². The van der Waals surface area contributed by atoms with Crippen molar-refractivity contribution in [2.45, 2.75) is 51.0 Å². The Morgan fingerprint density at radius 2 is 1.46 bits per heavy atom. The van der Waals surface area contributed by atoms with E-state index in [0.29, 0.717) is 5.92 Å². The minimum absolute atomic E-state index is 0. The Kier molecular flexibility index (Phi) is 10.8. The minimum Gasteiger partial charge on any atom is -0.381 e. The predicted molar refractivity (Wildman–Crippen MR) is 110 cm³/mol. The lowest BCUT2D eigenvalue weighted by Gasteiger charge is -2.40. The highest BCUT2D eigenvalue weighted by molar-refractivity contribution is 5.85. The number of carbonyl (C=O) groups excluding carboxylic acids is 1. The number of ether oxygens (including phenoxy) is 1. The topological polar surface area (TPSA) is 58.8 Å². The van der Waals surface area contributed by atoms with E-state index >= 15 is 0 Å². The number of carbonyl (C=O) groups is 1. The third kappa shape index (κ3) is 6.52. The zero-order valence-electron chi connectivity index (χ0n) is 16.1. The van der Waals surface area contributed by atoms with Crippen LogP contribution in [0, 0.1) is 17.8 Å². The molecule has 3 saturated heterocycles. The van der Waals surface area contributed by atoms with Gasteiger partial charge >= 0.3 is 0 Å². The minimum atomic E-state index is -0.312. The van der Waals surface area contributed by atoms with E-state index in [-0.39, 0.29) is 36.8 Å². The van der Waals surface area contributed by atoms with Gasteiger partial charge in [-0.15, -0.1) is 24.8 Å². The Morgan fingerprint density at radius 1 is 0.962 bits per heavy atom. The number of nitrogens with zero attached hydrogens (tertiary/aromatic N) is 2. The van der Waals surface area contributed by atoms with E-state index in [1.54, 1.807) is 0 Å². The lowest BCUT2D eigenvalue weighted by atomic mass is 9.78. The van der Waals surface area contributed by atoms with Gasteiger partial charge in [-0.05, 0) is 82.8 Å². The largest absolute Gasteiger partial charge is 0.381 e. The molecule has 7 heteroatoms. The summed E-state index contributed by atoms with van der Waals surface area (Å²) in [7, 11) is 2.22. The van der Waals surface area contributed by atoms with Crippen LogP contribution in [0.3, 0.4) is 0 Å². The van der Waals surface area contributed by atoms with Crippen LogP contribution >= 0.6 is 24.8 Å². The lowest BCUT2D eigenvalue weighted by molar-refractivity contribution is -0.135. The maximum absolute atomic E-state index is 12.7. The average Bonchev–Trinajstić information content (AvgIpc) is 2.63. The number of likely N-dealkylation sites (tertiary alicyclic amines) is 2. The van der Waals surface area contributed by atoms with Crippen LogP contribution < -0.4 is 5.73 Å². The fourth-order valence-corrected chi connectivity index (χ4v) is 4.77. The third-order valence-corrected chi connectivity index (χ3v) is 6.53. The van der Waals surface area contributed by atoms with Gasteiger partial charge in [-0.25, -0.2) is 0 Å². The molecule has 1 unspecified atom stereocenters. The molecular formula is C19H37Cl2N3O2. The highest BCUT2D eigenvalue weighted by Crippen LogP contribution is 2.32. The van der Waals surface area contributed by atoms with Gasteiger partial charge in [0.25, 0.3) is 0 Å². The fraction of sp³-hybridized carbons (Fsp3) is 0.947. The van der Waals surface area contributed by atoms with Crippen molar-refractivity contribution in [2.75, 3.05) is 46.4 Å². The van der Waals surface area contributed by atoms with Gasteiger partial charge in [0.2, 0.25) is 5.91 Å². The summed E-state index contributed by atoms with van der Waals surface area (Å²) in [5.41, 5.74) is 6.23. The maximum Gasteiger partial charge on any atom is 0.239 e. The Balaban J connectivity index is 0.00000169. The standard InChI is InChI=1S/C19H35N3O2.2ClH/c1-21-8-2-16(3-9-21)17-4-10-22(11-5-17)19(23)18(20)14-15-6-12-24-13-7-15;;/h15-18H,2-14,20H2,1H3;2*1H. The Labute approximate surface area is 171 Å². The number of halogens is 2. The first-order chi connectivity index (χ1) is 11.6. The third-order valence-electron chi connectivity index (χ3n) is 6.53. The molecule has 3 aliphatic heterocycles. The molecule has 1 atom stereocenters. The highest BCUT2D eigenvalue weighted by atomic mass is 35.5. The quantitative estimate of drug-likeness (QED) is 0.774. The second kappa shape index (κ2) is 11.7. The maximum atomic E-state index is 12.7. The van der Waals surface area contributed by atoms with Crippen LogP contribution in [-0.4, -0.2) is 68.2 Å². The molecule has 0 aliphatic carbocycles.